The number of morpholine rings is 1. The number of nitrogens with one attached hydrogen (secondary N) is 1. The van der Waals surface area contributed by atoms with Crippen LogP contribution in [0.25, 0.3) is 11.1 Å². The Bertz CT molecular complexity index is 1400. The summed E-state index contributed by atoms with van der Waals surface area (Å²) in [7, 11) is 0. The first-order valence-electron chi connectivity index (χ1n) is 11.9. The van der Waals surface area contributed by atoms with Crippen LogP contribution in [0.3, 0.4) is 0 Å². The number of hydrogen-bond acceptors (Lipinski definition) is 5. The van der Waals surface area contributed by atoms with Crippen molar-refractivity contribution in [1.29, 1.82) is 0 Å². The van der Waals surface area contributed by atoms with Gasteiger partial charge in [0.15, 0.2) is 5.67 Å². The first kappa shape index (κ1) is 26.1. The summed E-state index contributed by atoms with van der Waals surface area (Å²) in [5.41, 5.74) is -0.564. The van der Waals surface area contributed by atoms with Crippen molar-refractivity contribution in [2.75, 3.05) is 36.6 Å². The lowest BCUT2D eigenvalue weighted by molar-refractivity contribution is -0.137. The second kappa shape index (κ2) is 9.63. The van der Waals surface area contributed by atoms with Crippen molar-refractivity contribution in [2.45, 2.75) is 31.2 Å². The molecule has 3 heterocycles. The van der Waals surface area contributed by atoms with Gasteiger partial charge >= 0.3 is 6.18 Å². The number of carbonyl (C=O) groups excluding carboxylic acids is 1. The van der Waals surface area contributed by atoms with E-state index in [0.29, 0.717) is 47.9 Å². The highest BCUT2D eigenvalue weighted by Gasteiger charge is 2.49. The van der Waals surface area contributed by atoms with Crippen molar-refractivity contribution in [3.8, 4) is 11.1 Å². The number of nitrogens with zero attached hydrogens (tertiary/aromatic N) is 2. The van der Waals surface area contributed by atoms with E-state index in [0.717, 1.165) is 11.8 Å². The highest BCUT2D eigenvalue weighted by Crippen LogP contribution is 2.43. The molecule has 11 heteroatoms. The maximum Gasteiger partial charge on any atom is 0.417 e. The van der Waals surface area contributed by atoms with Crippen molar-refractivity contribution >= 4 is 17.3 Å². The zero-order valence-corrected chi connectivity index (χ0v) is 20.3. The van der Waals surface area contributed by atoms with Gasteiger partial charge < -0.3 is 20.1 Å². The predicted molar refractivity (Wildman–Crippen MR) is 130 cm³/mol. The molecule has 1 fully saturated rings. The highest BCUT2D eigenvalue weighted by atomic mass is 19.4. The van der Waals surface area contributed by atoms with Gasteiger partial charge in [-0.3, -0.25) is 9.78 Å². The van der Waals surface area contributed by atoms with Crippen molar-refractivity contribution < 1.29 is 36.6 Å². The molecular weight excluding hydrogens is 509 g/mol. The van der Waals surface area contributed by atoms with Crippen LogP contribution >= 0.6 is 0 Å². The van der Waals surface area contributed by atoms with Crippen LogP contribution in [0.15, 0.2) is 48.8 Å². The van der Waals surface area contributed by atoms with Crippen LogP contribution in [0.5, 0.6) is 0 Å². The summed E-state index contributed by atoms with van der Waals surface area (Å²) in [5, 5.41) is 12.3. The average molecular weight is 533 g/mol. The number of rotatable bonds is 4. The van der Waals surface area contributed by atoms with E-state index in [2.05, 4.69) is 10.3 Å². The smallest absolute Gasteiger partial charge is 0.393 e. The molecule has 0 unspecified atom stereocenters. The summed E-state index contributed by atoms with van der Waals surface area (Å²) in [4.78, 5) is 17.9. The monoisotopic (exact) mass is 533 g/mol. The topological polar surface area (TPSA) is 74.7 Å². The molecule has 0 radical (unpaired) electrons. The molecular formula is C27H24F5N3O3. The van der Waals surface area contributed by atoms with Gasteiger partial charge in [0.05, 0.1) is 37.0 Å². The SMILES string of the molecule is Cc1ccc(NC(=O)c2cncc(C(F)(F)F)c2)cc1-c1cc(F)c2c(c1)N1CCOC[C@H]1[C@@](F)(CO)C2. The Morgan fingerprint density at radius 1 is 1.24 bits per heavy atom. The van der Waals surface area contributed by atoms with Crippen molar-refractivity contribution in [3.63, 3.8) is 0 Å². The van der Waals surface area contributed by atoms with Crippen LogP contribution in [0.2, 0.25) is 0 Å². The number of aliphatic hydroxyl groups excluding tert-OH is 1. The molecule has 200 valence electrons. The molecule has 2 N–H and O–H groups in total. The molecule has 0 aliphatic carbocycles. The third kappa shape index (κ3) is 4.71. The molecule has 2 aromatic carbocycles. The van der Waals surface area contributed by atoms with Crippen LogP contribution in [0.4, 0.5) is 33.3 Å². The number of alkyl halides is 4. The number of fused-ring (bicyclic) bond motifs is 3. The number of aliphatic hydroxyl groups is 1. The molecule has 2 aliphatic rings. The Balaban J connectivity index is 1.48. The van der Waals surface area contributed by atoms with Gasteiger partial charge in [0.25, 0.3) is 5.91 Å². The maximum atomic E-state index is 15.5. The summed E-state index contributed by atoms with van der Waals surface area (Å²) in [5.74, 6) is -1.41. The molecule has 0 bridgehead atoms. The summed E-state index contributed by atoms with van der Waals surface area (Å²) in [6, 6.07) is 7.86. The zero-order chi connectivity index (χ0) is 27.2. The molecule has 0 spiro atoms. The number of amides is 1. The quantitative estimate of drug-likeness (QED) is 0.466. The minimum atomic E-state index is -4.64. The van der Waals surface area contributed by atoms with Crippen molar-refractivity contribution in [1.82, 2.24) is 4.98 Å². The van der Waals surface area contributed by atoms with Crippen LogP contribution in [-0.4, -0.2) is 54.1 Å². The minimum absolute atomic E-state index is 0.0628. The molecule has 1 saturated heterocycles. The van der Waals surface area contributed by atoms with E-state index in [9.17, 15) is 23.1 Å². The third-order valence-electron chi connectivity index (χ3n) is 7.07. The minimum Gasteiger partial charge on any atom is -0.393 e. The zero-order valence-electron chi connectivity index (χ0n) is 20.3. The summed E-state index contributed by atoms with van der Waals surface area (Å²) >= 11 is 0. The number of carbonyl (C=O) groups is 1. The number of anilines is 2. The molecule has 3 aromatic rings. The van der Waals surface area contributed by atoms with E-state index in [1.165, 1.54) is 6.07 Å². The first-order chi connectivity index (χ1) is 18.0. The maximum absolute atomic E-state index is 15.5. The Kier molecular flexibility index (Phi) is 6.60. The Morgan fingerprint density at radius 2 is 2.03 bits per heavy atom. The van der Waals surface area contributed by atoms with Gasteiger partial charge in [0, 0.05) is 42.3 Å². The normalized spacial score (nSPS) is 21.0. The largest absolute Gasteiger partial charge is 0.417 e. The van der Waals surface area contributed by atoms with Gasteiger partial charge in [-0.15, -0.1) is 0 Å². The molecule has 2 aliphatic heterocycles. The number of hydrogen-bond donors (Lipinski definition) is 2. The Morgan fingerprint density at radius 3 is 2.76 bits per heavy atom. The fraction of sp³-hybridized carbons (Fsp3) is 0.333. The lowest BCUT2D eigenvalue weighted by Crippen LogP contribution is -2.62. The fourth-order valence-corrected chi connectivity index (χ4v) is 5.04. The third-order valence-corrected chi connectivity index (χ3v) is 7.07. The van der Waals surface area contributed by atoms with E-state index >= 15 is 8.78 Å². The van der Waals surface area contributed by atoms with Crippen LogP contribution in [0, 0.1) is 12.7 Å². The standard InChI is InChI=1S/C27H24F5N3O3/c1-15-2-3-19(34-25(37)17-6-18(12-33-11-17)27(30,31)32)9-20(15)16-7-22(28)21-10-26(29,14-36)24-13-38-5-4-35(24)23(21)8-16/h2-3,6-9,11-12,24,36H,4-5,10,13-14H2,1H3,(H,34,37)/t24-,26-/m0/s1. The number of ether oxygens (including phenoxy) is 1. The van der Waals surface area contributed by atoms with E-state index < -0.39 is 41.8 Å². The summed E-state index contributed by atoms with van der Waals surface area (Å²) < 4.78 is 75.4. The van der Waals surface area contributed by atoms with Gasteiger partial charge in [-0.05, 0) is 53.9 Å². The summed E-state index contributed by atoms with van der Waals surface area (Å²) in [6.07, 6.45) is -3.27. The molecule has 38 heavy (non-hydrogen) atoms. The van der Waals surface area contributed by atoms with Gasteiger partial charge in [-0.2, -0.15) is 13.2 Å². The van der Waals surface area contributed by atoms with E-state index in [1.54, 1.807) is 36.1 Å². The van der Waals surface area contributed by atoms with Gasteiger partial charge in [0.2, 0.25) is 0 Å². The summed E-state index contributed by atoms with van der Waals surface area (Å²) in [6.45, 7) is 1.75. The molecule has 1 amide bonds. The lowest BCUT2D eigenvalue weighted by atomic mass is 9.81. The van der Waals surface area contributed by atoms with Gasteiger partial charge in [-0.25, -0.2) is 8.78 Å². The molecule has 5 rings (SSSR count). The lowest BCUT2D eigenvalue weighted by Gasteiger charge is -2.48. The fourth-order valence-electron chi connectivity index (χ4n) is 5.04. The van der Waals surface area contributed by atoms with Gasteiger partial charge in [-0.1, -0.05) is 6.07 Å². The van der Waals surface area contributed by atoms with Crippen LogP contribution < -0.4 is 10.2 Å². The average Bonchev–Trinajstić information content (AvgIpc) is 2.90. The molecule has 6 nitrogen and oxygen atoms in total. The van der Waals surface area contributed by atoms with E-state index in [4.69, 9.17) is 4.74 Å². The molecule has 1 aromatic heterocycles. The van der Waals surface area contributed by atoms with Crippen LogP contribution in [-0.2, 0) is 17.3 Å². The Labute approximate surface area is 215 Å². The van der Waals surface area contributed by atoms with E-state index in [1.807, 2.05) is 0 Å². The van der Waals surface area contributed by atoms with Crippen molar-refractivity contribution in [2.24, 2.45) is 0 Å². The predicted octanol–water partition coefficient (Wildman–Crippen LogP) is 4.93. The van der Waals surface area contributed by atoms with E-state index in [-0.39, 0.29) is 24.2 Å². The van der Waals surface area contributed by atoms with Crippen molar-refractivity contribution in [3.05, 3.63) is 76.9 Å². The first-order valence-corrected chi connectivity index (χ1v) is 11.9. The Hall–Kier alpha value is -3.57. The second-order valence-corrected chi connectivity index (χ2v) is 9.55. The highest BCUT2D eigenvalue weighted by molar-refractivity contribution is 6.04. The second-order valence-electron chi connectivity index (χ2n) is 9.55. The number of halogens is 5. The number of aryl methyl sites for hydroxylation is 1. The number of pyridine rings is 1. The van der Waals surface area contributed by atoms with Crippen LogP contribution in [0.1, 0.15) is 27.0 Å². The molecule has 2 atom stereocenters. The number of benzene rings is 2. The molecule has 0 saturated carbocycles. The van der Waals surface area contributed by atoms with Gasteiger partial charge in [0.1, 0.15) is 5.82 Å². The number of aromatic nitrogens is 1.